The van der Waals surface area contributed by atoms with Crippen molar-refractivity contribution in [3.63, 3.8) is 0 Å². The molecular formula is C24H23N5O3S. The fourth-order valence-corrected chi connectivity index (χ4v) is 4.68. The molecule has 0 atom stereocenters. The summed E-state index contributed by atoms with van der Waals surface area (Å²) in [5.41, 5.74) is 4.16. The molecule has 8 nitrogen and oxygen atoms in total. The van der Waals surface area contributed by atoms with E-state index in [1.807, 2.05) is 37.3 Å². The summed E-state index contributed by atoms with van der Waals surface area (Å²) in [4.78, 5) is 16.7. The fraction of sp³-hybridized carbons (Fsp3) is 0.125. The monoisotopic (exact) mass is 461 g/mol. The van der Waals surface area contributed by atoms with E-state index in [0.29, 0.717) is 23.4 Å². The van der Waals surface area contributed by atoms with Gasteiger partial charge in [0.1, 0.15) is 12.7 Å². The van der Waals surface area contributed by atoms with Crippen LogP contribution in [0.4, 0.5) is 5.69 Å². The van der Waals surface area contributed by atoms with E-state index in [4.69, 9.17) is 0 Å². The molecule has 0 radical (unpaired) electrons. The molecule has 2 N–H and O–H groups in total. The van der Waals surface area contributed by atoms with E-state index in [2.05, 4.69) is 20.1 Å². The van der Waals surface area contributed by atoms with Crippen molar-refractivity contribution in [2.24, 2.45) is 0 Å². The molecule has 1 amide bonds. The van der Waals surface area contributed by atoms with Gasteiger partial charge in [-0.15, -0.1) is 0 Å². The van der Waals surface area contributed by atoms with Crippen LogP contribution in [0.25, 0.3) is 5.69 Å². The smallest absolute Gasteiger partial charge is 0.262 e. The van der Waals surface area contributed by atoms with Gasteiger partial charge in [-0.3, -0.25) is 9.52 Å². The van der Waals surface area contributed by atoms with Crippen LogP contribution in [0, 0.1) is 13.8 Å². The van der Waals surface area contributed by atoms with Crippen molar-refractivity contribution in [2.45, 2.75) is 25.3 Å². The highest BCUT2D eigenvalue weighted by atomic mass is 32.2. The van der Waals surface area contributed by atoms with Crippen LogP contribution in [0.15, 0.2) is 84.3 Å². The van der Waals surface area contributed by atoms with Crippen LogP contribution in [-0.2, 0) is 16.6 Å². The molecule has 4 rings (SSSR count). The lowest BCUT2D eigenvalue weighted by Gasteiger charge is -2.12. The van der Waals surface area contributed by atoms with Crippen molar-refractivity contribution < 1.29 is 13.2 Å². The summed E-state index contributed by atoms with van der Waals surface area (Å²) in [6.45, 7) is 3.96. The van der Waals surface area contributed by atoms with Gasteiger partial charge >= 0.3 is 0 Å². The van der Waals surface area contributed by atoms with Crippen LogP contribution in [0.3, 0.4) is 0 Å². The van der Waals surface area contributed by atoms with Crippen molar-refractivity contribution >= 4 is 21.6 Å². The number of sulfonamides is 1. The number of amides is 1. The van der Waals surface area contributed by atoms with Crippen LogP contribution in [0.5, 0.6) is 0 Å². The van der Waals surface area contributed by atoms with Gasteiger partial charge in [0.05, 0.1) is 10.6 Å². The second kappa shape index (κ2) is 9.25. The topological polar surface area (TPSA) is 106 Å². The average molecular weight is 462 g/mol. The van der Waals surface area contributed by atoms with Crippen LogP contribution >= 0.6 is 0 Å². The molecule has 168 valence electrons. The van der Waals surface area contributed by atoms with Gasteiger partial charge in [-0.1, -0.05) is 24.3 Å². The molecule has 0 saturated heterocycles. The van der Waals surface area contributed by atoms with Crippen molar-refractivity contribution in [1.82, 2.24) is 20.1 Å². The molecule has 4 aromatic rings. The quantitative estimate of drug-likeness (QED) is 0.437. The van der Waals surface area contributed by atoms with Crippen LogP contribution in [0.2, 0.25) is 0 Å². The van der Waals surface area contributed by atoms with Crippen LogP contribution < -0.4 is 10.0 Å². The maximum absolute atomic E-state index is 12.8. The number of aryl methyl sites for hydroxylation is 2. The van der Waals surface area contributed by atoms with Crippen molar-refractivity contribution in [2.75, 3.05) is 4.72 Å². The number of rotatable bonds is 7. The number of hydrogen-bond donors (Lipinski definition) is 2. The van der Waals surface area contributed by atoms with Crippen LogP contribution in [-0.4, -0.2) is 29.1 Å². The van der Waals surface area contributed by atoms with Crippen molar-refractivity contribution in [3.05, 3.63) is 102 Å². The molecule has 0 aliphatic heterocycles. The second-order valence-corrected chi connectivity index (χ2v) is 9.29. The van der Waals surface area contributed by atoms with E-state index in [0.717, 1.165) is 16.8 Å². The molecule has 0 aliphatic carbocycles. The molecule has 0 unspecified atom stereocenters. The molecule has 0 saturated carbocycles. The minimum atomic E-state index is -3.73. The van der Waals surface area contributed by atoms with E-state index >= 15 is 0 Å². The highest BCUT2D eigenvalue weighted by molar-refractivity contribution is 7.92. The number of nitrogens with one attached hydrogen (secondary N) is 2. The second-order valence-electron chi connectivity index (χ2n) is 7.64. The molecule has 1 heterocycles. The lowest BCUT2D eigenvalue weighted by molar-refractivity contribution is 0.0951. The summed E-state index contributed by atoms with van der Waals surface area (Å²) in [6.07, 6.45) is 3.08. The number of hydrogen-bond acceptors (Lipinski definition) is 5. The highest BCUT2D eigenvalue weighted by Gasteiger charge is 2.17. The third-order valence-electron chi connectivity index (χ3n) is 5.11. The summed E-state index contributed by atoms with van der Waals surface area (Å²) in [5.74, 6) is -0.251. The van der Waals surface area contributed by atoms with Crippen molar-refractivity contribution in [1.29, 1.82) is 0 Å². The molecule has 3 aromatic carbocycles. The van der Waals surface area contributed by atoms with Crippen molar-refractivity contribution in [3.8, 4) is 5.69 Å². The first kappa shape index (κ1) is 22.2. The number of carbonyl (C=O) groups excluding carboxylic acids is 1. The Hall–Kier alpha value is -3.98. The molecular weight excluding hydrogens is 438 g/mol. The fourth-order valence-electron chi connectivity index (χ4n) is 3.29. The molecule has 9 heteroatoms. The van der Waals surface area contributed by atoms with E-state index in [9.17, 15) is 13.2 Å². The molecule has 0 fully saturated rings. The minimum Gasteiger partial charge on any atom is -0.348 e. The number of anilines is 1. The number of nitrogens with zero attached hydrogens (tertiary/aromatic N) is 3. The molecule has 1 aromatic heterocycles. The van der Waals surface area contributed by atoms with Gasteiger partial charge in [-0.25, -0.2) is 18.1 Å². The Kier molecular flexibility index (Phi) is 6.23. The van der Waals surface area contributed by atoms with Gasteiger partial charge in [-0.05, 0) is 73.0 Å². The lowest BCUT2D eigenvalue weighted by Crippen LogP contribution is -2.22. The zero-order chi connectivity index (χ0) is 23.4. The maximum atomic E-state index is 12.8. The first-order valence-electron chi connectivity index (χ1n) is 10.2. The predicted octanol–water partition coefficient (Wildman–Crippen LogP) is 3.61. The summed E-state index contributed by atoms with van der Waals surface area (Å²) in [6, 6.07) is 19.2. The van der Waals surface area contributed by atoms with Gasteiger partial charge in [0.25, 0.3) is 15.9 Å². The lowest BCUT2D eigenvalue weighted by atomic mass is 10.1. The third kappa shape index (κ3) is 5.27. The Bertz CT molecular complexity index is 1360. The SMILES string of the molecule is Cc1ccc(C)c(S(=O)(=O)Nc2ccc(C(=O)NCc3ccc(-n4cncn4)cc3)cc2)c1. The normalized spacial score (nSPS) is 11.2. The Morgan fingerprint density at radius 2 is 1.70 bits per heavy atom. The van der Waals surface area contributed by atoms with Gasteiger partial charge in [-0.2, -0.15) is 5.10 Å². The minimum absolute atomic E-state index is 0.235. The molecule has 0 aliphatic rings. The van der Waals surface area contributed by atoms with Gasteiger partial charge in [0, 0.05) is 17.8 Å². The van der Waals surface area contributed by atoms with E-state index in [-0.39, 0.29) is 10.8 Å². The Morgan fingerprint density at radius 1 is 0.970 bits per heavy atom. The summed E-state index contributed by atoms with van der Waals surface area (Å²) < 4.78 is 29.7. The zero-order valence-corrected chi connectivity index (χ0v) is 19.0. The standard InChI is InChI=1S/C24H23N5O3S/c1-17-3-4-18(2)23(13-17)33(31,32)28-21-9-7-20(8-10-21)24(30)26-14-19-5-11-22(12-6-19)29-16-25-15-27-29/h3-13,15-16,28H,14H2,1-2H3,(H,26,30). The van der Waals surface area contributed by atoms with Gasteiger partial charge < -0.3 is 5.32 Å². The first-order chi connectivity index (χ1) is 15.8. The van der Waals surface area contributed by atoms with Crippen LogP contribution in [0.1, 0.15) is 27.0 Å². The van der Waals surface area contributed by atoms with E-state index in [1.54, 1.807) is 54.3 Å². The van der Waals surface area contributed by atoms with E-state index < -0.39 is 10.0 Å². The Morgan fingerprint density at radius 3 is 2.36 bits per heavy atom. The third-order valence-corrected chi connectivity index (χ3v) is 6.63. The zero-order valence-electron chi connectivity index (χ0n) is 18.2. The molecule has 0 bridgehead atoms. The van der Waals surface area contributed by atoms with E-state index in [1.165, 1.54) is 6.33 Å². The first-order valence-corrected chi connectivity index (χ1v) is 11.7. The molecule has 0 spiro atoms. The summed E-state index contributed by atoms with van der Waals surface area (Å²) >= 11 is 0. The Balaban J connectivity index is 1.37. The highest BCUT2D eigenvalue weighted by Crippen LogP contribution is 2.21. The number of benzene rings is 3. The predicted molar refractivity (Wildman–Crippen MR) is 126 cm³/mol. The number of aromatic nitrogens is 3. The maximum Gasteiger partial charge on any atom is 0.262 e. The summed E-state index contributed by atoms with van der Waals surface area (Å²) in [7, 11) is -3.73. The van der Waals surface area contributed by atoms with Gasteiger partial charge in [0.15, 0.2) is 0 Å². The Labute approximate surface area is 192 Å². The largest absolute Gasteiger partial charge is 0.348 e. The molecule has 33 heavy (non-hydrogen) atoms. The summed E-state index contributed by atoms with van der Waals surface area (Å²) in [5, 5.41) is 6.94. The average Bonchev–Trinajstić information content (AvgIpc) is 3.34. The number of carbonyl (C=O) groups is 1. The van der Waals surface area contributed by atoms with Gasteiger partial charge in [0.2, 0.25) is 0 Å².